The number of carbonyl (C=O) groups is 2. The summed E-state index contributed by atoms with van der Waals surface area (Å²) in [5.74, 6) is -0.563. The average Bonchev–Trinajstić information content (AvgIpc) is 2.95. The Morgan fingerprint density at radius 1 is 0.902 bits per heavy atom. The molecule has 1 atom stereocenters. The molecule has 41 heavy (non-hydrogen) atoms. The zero-order valence-electron chi connectivity index (χ0n) is 24.4. The summed E-state index contributed by atoms with van der Waals surface area (Å²) >= 11 is 6.46. The van der Waals surface area contributed by atoms with E-state index in [-0.39, 0.29) is 23.3 Å². The second-order valence-electron chi connectivity index (χ2n) is 10.5. The lowest BCUT2D eigenvalue weighted by molar-refractivity contribution is -0.140. The van der Waals surface area contributed by atoms with Gasteiger partial charge in [0.25, 0.3) is 10.0 Å². The molecule has 0 fully saturated rings. The van der Waals surface area contributed by atoms with Crippen molar-refractivity contribution >= 4 is 39.1 Å². The summed E-state index contributed by atoms with van der Waals surface area (Å²) in [5.41, 5.74) is 2.80. The number of rotatable bonds is 13. The van der Waals surface area contributed by atoms with Crippen molar-refractivity contribution in [3.63, 3.8) is 0 Å². The van der Waals surface area contributed by atoms with Crippen LogP contribution >= 0.6 is 11.6 Å². The van der Waals surface area contributed by atoms with Gasteiger partial charge in [-0.3, -0.25) is 13.9 Å². The normalized spacial score (nSPS) is 12.2. The van der Waals surface area contributed by atoms with Gasteiger partial charge in [0, 0.05) is 18.1 Å². The van der Waals surface area contributed by atoms with Crippen LogP contribution in [0.5, 0.6) is 0 Å². The lowest BCUT2D eigenvalue weighted by atomic mass is 10.1. The molecule has 3 rings (SSSR count). The van der Waals surface area contributed by atoms with Crippen molar-refractivity contribution in [2.45, 2.75) is 64.9 Å². The fraction of sp³-hybridized carbons (Fsp3) is 0.375. The molecule has 0 aliphatic rings. The molecule has 0 saturated heterocycles. The summed E-state index contributed by atoms with van der Waals surface area (Å²) in [4.78, 5) is 29.1. The SMILES string of the molecule is CCc1ccccc1N(CC(=O)N(Cc1ccccc1Cl)[C@@H](CC)C(=O)NCC(C)C)S(=O)(=O)c1ccc(C)cc1. The van der Waals surface area contributed by atoms with Gasteiger partial charge in [0.15, 0.2) is 0 Å². The van der Waals surface area contributed by atoms with E-state index in [1.807, 2.05) is 52.8 Å². The van der Waals surface area contributed by atoms with Crippen LogP contribution in [-0.2, 0) is 32.6 Å². The molecule has 7 nitrogen and oxygen atoms in total. The summed E-state index contributed by atoms with van der Waals surface area (Å²) in [5, 5.41) is 3.40. The Bertz CT molecular complexity index is 1440. The molecule has 0 aliphatic carbocycles. The molecule has 0 aromatic heterocycles. The lowest BCUT2D eigenvalue weighted by Gasteiger charge is -2.34. The first-order valence-electron chi connectivity index (χ1n) is 14.0. The predicted octanol–water partition coefficient (Wildman–Crippen LogP) is 5.99. The maximum Gasteiger partial charge on any atom is 0.264 e. The van der Waals surface area contributed by atoms with Gasteiger partial charge in [0.2, 0.25) is 11.8 Å². The smallest absolute Gasteiger partial charge is 0.264 e. The van der Waals surface area contributed by atoms with Crippen LogP contribution in [0.15, 0.2) is 77.7 Å². The largest absolute Gasteiger partial charge is 0.354 e. The van der Waals surface area contributed by atoms with E-state index in [9.17, 15) is 18.0 Å². The minimum Gasteiger partial charge on any atom is -0.354 e. The number of para-hydroxylation sites is 1. The van der Waals surface area contributed by atoms with Gasteiger partial charge in [0.1, 0.15) is 12.6 Å². The molecular formula is C32H40ClN3O4S. The van der Waals surface area contributed by atoms with Crippen molar-refractivity contribution in [2.24, 2.45) is 5.92 Å². The first-order valence-corrected chi connectivity index (χ1v) is 15.8. The number of amides is 2. The number of nitrogens with zero attached hydrogens (tertiary/aromatic N) is 2. The number of benzene rings is 3. The molecule has 0 aliphatic heterocycles. The van der Waals surface area contributed by atoms with E-state index in [4.69, 9.17) is 11.6 Å². The van der Waals surface area contributed by atoms with E-state index in [1.54, 1.807) is 54.6 Å². The zero-order valence-corrected chi connectivity index (χ0v) is 26.0. The van der Waals surface area contributed by atoms with Gasteiger partial charge >= 0.3 is 0 Å². The Kier molecular flexibility index (Phi) is 11.4. The number of hydrogen-bond acceptors (Lipinski definition) is 4. The summed E-state index contributed by atoms with van der Waals surface area (Å²) in [6.07, 6.45) is 0.916. The van der Waals surface area contributed by atoms with Crippen LogP contribution in [-0.4, -0.2) is 44.3 Å². The van der Waals surface area contributed by atoms with Crippen molar-refractivity contribution in [3.8, 4) is 0 Å². The number of aryl methyl sites for hydroxylation is 2. The number of nitrogens with one attached hydrogen (secondary N) is 1. The van der Waals surface area contributed by atoms with Crippen LogP contribution in [0.4, 0.5) is 5.69 Å². The van der Waals surface area contributed by atoms with Crippen LogP contribution in [0.3, 0.4) is 0 Å². The minimum atomic E-state index is -4.13. The maximum absolute atomic E-state index is 14.2. The van der Waals surface area contributed by atoms with E-state index in [1.165, 1.54) is 4.90 Å². The maximum atomic E-state index is 14.2. The van der Waals surface area contributed by atoms with E-state index in [0.29, 0.717) is 35.7 Å². The van der Waals surface area contributed by atoms with Gasteiger partial charge in [-0.1, -0.05) is 93.4 Å². The molecular weight excluding hydrogens is 558 g/mol. The minimum absolute atomic E-state index is 0.0555. The van der Waals surface area contributed by atoms with Gasteiger partial charge in [-0.2, -0.15) is 0 Å². The topological polar surface area (TPSA) is 86.8 Å². The first-order chi connectivity index (χ1) is 19.5. The molecule has 0 unspecified atom stereocenters. The third-order valence-electron chi connectivity index (χ3n) is 6.90. The molecule has 0 spiro atoms. The Morgan fingerprint density at radius 2 is 1.51 bits per heavy atom. The van der Waals surface area contributed by atoms with Crippen LogP contribution < -0.4 is 9.62 Å². The molecule has 0 saturated carbocycles. The van der Waals surface area contributed by atoms with Crippen molar-refractivity contribution in [2.75, 3.05) is 17.4 Å². The highest BCUT2D eigenvalue weighted by Crippen LogP contribution is 2.29. The molecule has 0 heterocycles. The fourth-order valence-corrected chi connectivity index (χ4v) is 6.20. The van der Waals surface area contributed by atoms with Crippen LogP contribution in [0.2, 0.25) is 5.02 Å². The van der Waals surface area contributed by atoms with Crippen molar-refractivity contribution in [1.82, 2.24) is 10.2 Å². The summed E-state index contributed by atoms with van der Waals surface area (Å²) in [7, 11) is -4.13. The number of hydrogen-bond donors (Lipinski definition) is 1. The van der Waals surface area contributed by atoms with Crippen molar-refractivity contribution in [1.29, 1.82) is 0 Å². The van der Waals surface area contributed by atoms with Gasteiger partial charge in [0.05, 0.1) is 10.6 Å². The highest BCUT2D eigenvalue weighted by Gasteiger charge is 2.34. The number of sulfonamides is 1. The van der Waals surface area contributed by atoms with E-state index < -0.39 is 28.5 Å². The Balaban J connectivity index is 2.09. The quantitative estimate of drug-likeness (QED) is 0.262. The molecule has 1 N–H and O–H groups in total. The second-order valence-corrected chi connectivity index (χ2v) is 12.8. The first kappa shape index (κ1) is 32.2. The molecule has 3 aromatic carbocycles. The lowest BCUT2D eigenvalue weighted by Crippen LogP contribution is -2.52. The predicted molar refractivity (Wildman–Crippen MR) is 165 cm³/mol. The summed E-state index contributed by atoms with van der Waals surface area (Å²) in [6, 6.07) is 20.0. The van der Waals surface area contributed by atoms with Crippen LogP contribution in [0.25, 0.3) is 0 Å². The summed E-state index contributed by atoms with van der Waals surface area (Å²) < 4.78 is 29.3. The van der Waals surface area contributed by atoms with E-state index in [2.05, 4.69) is 5.32 Å². The molecule has 3 aromatic rings. The van der Waals surface area contributed by atoms with Crippen molar-refractivity contribution < 1.29 is 18.0 Å². The molecule has 0 bridgehead atoms. The van der Waals surface area contributed by atoms with E-state index >= 15 is 0 Å². The number of anilines is 1. The highest BCUT2D eigenvalue weighted by molar-refractivity contribution is 7.92. The Morgan fingerprint density at radius 3 is 2.10 bits per heavy atom. The second kappa shape index (κ2) is 14.5. The molecule has 9 heteroatoms. The average molecular weight is 598 g/mol. The van der Waals surface area contributed by atoms with Crippen LogP contribution in [0, 0.1) is 12.8 Å². The Hall–Kier alpha value is -3.36. The van der Waals surface area contributed by atoms with Crippen LogP contribution in [0.1, 0.15) is 50.8 Å². The van der Waals surface area contributed by atoms with Gasteiger partial charge < -0.3 is 10.2 Å². The number of carbonyl (C=O) groups excluding carboxylic acids is 2. The highest BCUT2D eigenvalue weighted by atomic mass is 35.5. The number of halogens is 1. The van der Waals surface area contributed by atoms with Gasteiger partial charge in [-0.15, -0.1) is 0 Å². The monoisotopic (exact) mass is 597 g/mol. The van der Waals surface area contributed by atoms with Gasteiger partial charge in [-0.05, 0) is 61.1 Å². The molecule has 0 radical (unpaired) electrons. The summed E-state index contributed by atoms with van der Waals surface area (Å²) in [6.45, 7) is 9.67. The standard InChI is InChI=1S/C32H40ClN3O4S/c1-6-25-12-9-11-15-30(25)36(41(39,40)27-18-16-24(5)17-19-27)22-31(37)35(21-26-13-8-10-14-28(26)33)29(7-2)32(38)34-20-23(3)4/h8-19,23,29H,6-7,20-22H2,1-5H3,(H,34,38)/t29-/m0/s1. The van der Waals surface area contributed by atoms with Crippen molar-refractivity contribution in [3.05, 3.63) is 94.5 Å². The third-order valence-corrected chi connectivity index (χ3v) is 9.04. The molecule has 2 amide bonds. The zero-order chi connectivity index (χ0) is 30.2. The third kappa shape index (κ3) is 8.11. The fourth-order valence-electron chi connectivity index (χ4n) is 4.56. The molecule has 220 valence electrons. The van der Waals surface area contributed by atoms with E-state index in [0.717, 1.165) is 15.4 Å². The van der Waals surface area contributed by atoms with Gasteiger partial charge in [-0.25, -0.2) is 8.42 Å². The Labute approximate surface area is 249 Å².